The minimum Gasteiger partial charge on any atom is -0.390 e. The molecule has 0 aliphatic heterocycles. The molecule has 0 radical (unpaired) electrons. The monoisotopic (exact) mass is 139 g/mol. The first-order valence-electron chi connectivity index (χ1n) is 2.93. The van der Waals surface area contributed by atoms with Crippen LogP contribution >= 0.6 is 0 Å². The molecule has 4 heteroatoms. The molecule has 0 bridgehead atoms. The molecular formula is C6H9N3O. The maximum absolute atomic E-state index is 8.68. The average molecular weight is 139 g/mol. The number of aromatic nitrogens is 2. The standard InChI is InChI=1S/C6H9N3O/c1-4-5(3-10)9-6(7)2-8-4/h2,10H,3H2,1H3,(H2,7,9). The van der Waals surface area contributed by atoms with Crippen LogP contribution in [0.4, 0.5) is 5.82 Å². The largest absolute Gasteiger partial charge is 0.390 e. The number of rotatable bonds is 1. The van der Waals surface area contributed by atoms with E-state index in [0.717, 1.165) is 5.69 Å². The van der Waals surface area contributed by atoms with Crippen molar-refractivity contribution >= 4 is 5.82 Å². The third-order valence-corrected chi connectivity index (χ3v) is 1.22. The van der Waals surface area contributed by atoms with Crippen molar-refractivity contribution < 1.29 is 5.11 Å². The highest BCUT2D eigenvalue weighted by Gasteiger charge is 1.98. The fourth-order valence-electron chi connectivity index (χ4n) is 0.653. The summed E-state index contributed by atoms with van der Waals surface area (Å²) in [5, 5.41) is 8.68. The Balaban J connectivity index is 3.09. The summed E-state index contributed by atoms with van der Waals surface area (Å²) in [6.45, 7) is 1.67. The maximum atomic E-state index is 8.68. The number of aliphatic hydroxyl groups is 1. The SMILES string of the molecule is Cc1ncc(N)nc1CO. The molecule has 54 valence electrons. The number of nitrogens with zero attached hydrogens (tertiary/aromatic N) is 2. The van der Waals surface area contributed by atoms with Gasteiger partial charge in [-0.3, -0.25) is 4.98 Å². The lowest BCUT2D eigenvalue weighted by Gasteiger charge is -1.99. The van der Waals surface area contributed by atoms with Crippen LogP contribution in [0, 0.1) is 6.92 Å². The van der Waals surface area contributed by atoms with Crippen LogP contribution in [0.1, 0.15) is 11.4 Å². The van der Waals surface area contributed by atoms with E-state index in [9.17, 15) is 0 Å². The van der Waals surface area contributed by atoms with Crippen molar-refractivity contribution in [3.05, 3.63) is 17.6 Å². The fourth-order valence-corrected chi connectivity index (χ4v) is 0.653. The van der Waals surface area contributed by atoms with Crippen molar-refractivity contribution in [2.75, 3.05) is 5.73 Å². The van der Waals surface area contributed by atoms with Crippen LogP contribution in [0.2, 0.25) is 0 Å². The van der Waals surface area contributed by atoms with E-state index in [-0.39, 0.29) is 6.61 Å². The molecule has 1 heterocycles. The average Bonchev–Trinajstić information content (AvgIpc) is 1.94. The third-order valence-electron chi connectivity index (χ3n) is 1.22. The van der Waals surface area contributed by atoms with E-state index in [2.05, 4.69) is 9.97 Å². The number of nitrogens with two attached hydrogens (primary N) is 1. The number of anilines is 1. The van der Waals surface area contributed by atoms with E-state index in [1.54, 1.807) is 6.92 Å². The Kier molecular flexibility index (Phi) is 1.82. The topological polar surface area (TPSA) is 72.0 Å². The van der Waals surface area contributed by atoms with Crippen LogP contribution in [0.15, 0.2) is 6.20 Å². The van der Waals surface area contributed by atoms with Gasteiger partial charge >= 0.3 is 0 Å². The zero-order valence-corrected chi connectivity index (χ0v) is 5.70. The van der Waals surface area contributed by atoms with E-state index in [4.69, 9.17) is 10.8 Å². The second kappa shape index (κ2) is 2.62. The molecule has 0 saturated heterocycles. The predicted octanol–water partition coefficient (Wildman–Crippen LogP) is -0.140. The maximum Gasteiger partial charge on any atom is 0.142 e. The van der Waals surface area contributed by atoms with Crippen LogP contribution in [-0.2, 0) is 6.61 Å². The first kappa shape index (κ1) is 6.95. The Morgan fingerprint density at radius 3 is 2.90 bits per heavy atom. The van der Waals surface area contributed by atoms with Gasteiger partial charge in [0.15, 0.2) is 0 Å². The summed E-state index contributed by atoms with van der Waals surface area (Å²) in [5.41, 5.74) is 6.58. The molecule has 0 atom stereocenters. The van der Waals surface area contributed by atoms with Gasteiger partial charge < -0.3 is 10.8 Å². The van der Waals surface area contributed by atoms with Crippen molar-refractivity contribution in [2.45, 2.75) is 13.5 Å². The van der Waals surface area contributed by atoms with Crippen LogP contribution in [0.25, 0.3) is 0 Å². The van der Waals surface area contributed by atoms with Gasteiger partial charge in [-0.1, -0.05) is 0 Å². The summed E-state index contributed by atoms with van der Waals surface area (Å²) >= 11 is 0. The molecule has 3 N–H and O–H groups in total. The van der Waals surface area contributed by atoms with E-state index in [0.29, 0.717) is 11.5 Å². The predicted molar refractivity (Wildman–Crippen MR) is 37.1 cm³/mol. The van der Waals surface area contributed by atoms with Crippen molar-refractivity contribution in [3.63, 3.8) is 0 Å². The van der Waals surface area contributed by atoms with Gasteiger partial charge in [-0.05, 0) is 6.92 Å². The molecule has 0 spiro atoms. The van der Waals surface area contributed by atoms with Gasteiger partial charge in [-0.15, -0.1) is 0 Å². The van der Waals surface area contributed by atoms with Crippen molar-refractivity contribution in [2.24, 2.45) is 0 Å². The molecule has 1 aromatic heterocycles. The van der Waals surface area contributed by atoms with E-state index >= 15 is 0 Å². The first-order valence-corrected chi connectivity index (χ1v) is 2.93. The van der Waals surface area contributed by atoms with Crippen molar-refractivity contribution in [1.29, 1.82) is 0 Å². The molecule has 1 rings (SSSR count). The normalized spacial score (nSPS) is 9.80. The van der Waals surface area contributed by atoms with Crippen LogP contribution in [-0.4, -0.2) is 15.1 Å². The van der Waals surface area contributed by atoms with Crippen molar-refractivity contribution in [3.8, 4) is 0 Å². The molecule has 0 fully saturated rings. The van der Waals surface area contributed by atoms with E-state index in [1.807, 2.05) is 0 Å². The first-order chi connectivity index (χ1) is 4.74. The second-order valence-corrected chi connectivity index (χ2v) is 1.99. The molecule has 0 amide bonds. The Morgan fingerprint density at radius 1 is 1.70 bits per heavy atom. The summed E-state index contributed by atoms with van der Waals surface area (Å²) < 4.78 is 0. The molecule has 4 nitrogen and oxygen atoms in total. The van der Waals surface area contributed by atoms with Gasteiger partial charge in [0.2, 0.25) is 0 Å². The van der Waals surface area contributed by atoms with Crippen LogP contribution in [0.3, 0.4) is 0 Å². The molecule has 0 aliphatic rings. The van der Waals surface area contributed by atoms with Gasteiger partial charge in [0, 0.05) is 0 Å². The quantitative estimate of drug-likeness (QED) is 0.568. The Labute approximate surface area is 58.7 Å². The van der Waals surface area contributed by atoms with Gasteiger partial charge in [-0.2, -0.15) is 0 Å². The summed E-state index contributed by atoms with van der Waals surface area (Å²) in [4.78, 5) is 7.76. The highest BCUT2D eigenvalue weighted by atomic mass is 16.3. The Bertz CT molecular complexity index is 236. The second-order valence-electron chi connectivity index (χ2n) is 1.99. The molecular weight excluding hydrogens is 130 g/mol. The lowest BCUT2D eigenvalue weighted by molar-refractivity contribution is 0.275. The summed E-state index contributed by atoms with van der Waals surface area (Å²) in [7, 11) is 0. The van der Waals surface area contributed by atoms with Gasteiger partial charge in [0.1, 0.15) is 5.82 Å². The third kappa shape index (κ3) is 1.22. The van der Waals surface area contributed by atoms with Crippen molar-refractivity contribution in [1.82, 2.24) is 9.97 Å². The summed E-state index contributed by atoms with van der Waals surface area (Å²) in [6, 6.07) is 0. The van der Waals surface area contributed by atoms with E-state index < -0.39 is 0 Å². The number of aliphatic hydroxyl groups excluding tert-OH is 1. The molecule has 0 aliphatic carbocycles. The summed E-state index contributed by atoms with van der Waals surface area (Å²) in [5.74, 6) is 0.342. The molecule has 0 saturated carbocycles. The molecule has 0 unspecified atom stereocenters. The Morgan fingerprint density at radius 2 is 2.40 bits per heavy atom. The number of hydrogen-bond donors (Lipinski definition) is 2. The van der Waals surface area contributed by atoms with Gasteiger partial charge in [0.25, 0.3) is 0 Å². The van der Waals surface area contributed by atoms with Gasteiger partial charge in [-0.25, -0.2) is 4.98 Å². The highest BCUT2D eigenvalue weighted by molar-refractivity contribution is 5.26. The highest BCUT2D eigenvalue weighted by Crippen LogP contribution is 2.02. The minimum atomic E-state index is -0.107. The fraction of sp³-hybridized carbons (Fsp3) is 0.333. The molecule has 10 heavy (non-hydrogen) atoms. The lowest BCUT2D eigenvalue weighted by atomic mass is 10.3. The summed E-state index contributed by atoms with van der Waals surface area (Å²) in [6.07, 6.45) is 1.47. The number of aryl methyl sites for hydroxylation is 1. The van der Waals surface area contributed by atoms with Gasteiger partial charge in [0.05, 0.1) is 24.2 Å². The minimum absolute atomic E-state index is 0.107. The smallest absolute Gasteiger partial charge is 0.142 e. The van der Waals surface area contributed by atoms with Crippen LogP contribution < -0.4 is 5.73 Å². The lowest BCUT2D eigenvalue weighted by Crippen LogP contribution is -2.00. The zero-order valence-electron chi connectivity index (χ0n) is 5.70. The molecule has 1 aromatic rings. The number of hydrogen-bond acceptors (Lipinski definition) is 4. The number of nitrogen functional groups attached to an aromatic ring is 1. The zero-order chi connectivity index (χ0) is 7.56. The van der Waals surface area contributed by atoms with Crippen LogP contribution in [0.5, 0.6) is 0 Å². The van der Waals surface area contributed by atoms with E-state index in [1.165, 1.54) is 6.20 Å². The molecule has 0 aromatic carbocycles. The Hall–Kier alpha value is -1.16.